The fourth-order valence-electron chi connectivity index (χ4n) is 3.77. The van der Waals surface area contributed by atoms with E-state index in [1.54, 1.807) is 6.20 Å². The smallest absolute Gasteiger partial charge is 0.243 e. The number of benzene rings is 1. The largest absolute Gasteiger partial charge is 0.347 e. The number of anilines is 1. The predicted molar refractivity (Wildman–Crippen MR) is 106 cm³/mol. The minimum Gasteiger partial charge on any atom is -0.347 e. The van der Waals surface area contributed by atoms with E-state index >= 15 is 0 Å². The molecule has 0 bridgehead atoms. The van der Waals surface area contributed by atoms with E-state index in [-0.39, 0.29) is 0 Å². The quantitative estimate of drug-likeness (QED) is 0.735. The molecule has 1 aromatic carbocycles. The van der Waals surface area contributed by atoms with Gasteiger partial charge in [0.05, 0.1) is 24.1 Å². The lowest BCUT2D eigenvalue weighted by atomic mass is 9.84. The van der Waals surface area contributed by atoms with Gasteiger partial charge in [0, 0.05) is 18.3 Å². The van der Waals surface area contributed by atoms with E-state index in [1.807, 2.05) is 24.7 Å². The van der Waals surface area contributed by atoms with Crippen molar-refractivity contribution in [3.63, 3.8) is 0 Å². The van der Waals surface area contributed by atoms with Crippen molar-refractivity contribution >= 4 is 5.95 Å². The molecular weight excluding hydrogens is 336 g/mol. The van der Waals surface area contributed by atoms with Crippen LogP contribution in [0.25, 0.3) is 11.3 Å². The van der Waals surface area contributed by atoms with E-state index < -0.39 is 0 Å². The number of aryl methyl sites for hydroxylation is 2. The third-order valence-corrected chi connectivity index (χ3v) is 5.43. The molecule has 6 nitrogen and oxygen atoms in total. The molecule has 2 heterocycles. The van der Waals surface area contributed by atoms with E-state index in [4.69, 9.17) is 0 Å². The van der Waals surface area contributed by atoms with Crippen LogP contribution >= 0.6 is 0 Å². The second-order valence-electron chi connectivity index (χ2n) is 7.38. The average molecular weight is 362 g/mol. The average Bonchev–Trinajstić information content (AvgIpc) is 3.05. The Labute approximate surface area is 160 Å². The monoisotopic (exact) mass is 362 g/mol. The number of nitrogens with zero attached hydrogens (tertiary/aromatic N) is 5. The standard InChI is InChI=1S/C21H26N6/c1-15-12-19(26-27(15)2)13-22-21-24-20(14-23-25-21)18-10-8-17(9-11-18)16-6-4-3-5-7-16/h8-12,14,16H,3-7,13H2,1-2H3,(H,22,24,25). The Morgan fingerprint density at radius 3 is 2.59 bits per heavy atom. The number of hydrogen-bond acceptors (Lipinski definition) is 5. The summed E-state index contributed by atoms with van der Waals surface area (Å²) in [5.74, 6) is 1.24. The maximum atomic E-state index is 4.61. The van der Waals surface area contributed by atoms with Gasteiger partial charge in [-0.15, -0.1) is 5.10 Å². The Bertz CT molecular complexity index is 874. The van der Waals surface area contributed by atoms with Crippen molar-refractivity contribution < 1.29 is 0 Å². The first-order valence-electron chi connectivity index (χ1n) is 9.72. The molecule has 0 saturated heterocycles. The molecule has 140 valence electrons. The highest BCUT2D eigenvalue weighted by atomic mass is 15.3. The van der Waals surface area contributed by atoms with Crippen LogP contribution in [0.4, 0.5) is 5.95 Å². The molecule has 0 atom stereocenters. The number of nitrogens with one attached hydrogen (secondary N) is 1. The summed E-state index contributed by atoms with van der Waals surface area (Å²) in [7, 11) is 1.94. The normalized spacial score (nSPS) is 15.0. The first kappa shape index (κ1) is 17.6. The van der Waals surface area contributed by atoms with Crippen molar-refractivity contribution in [2.24, 2.45) is 7.05 Å². The third-order valence-electron chi connectivity index (χ3n) is 5.43. The molecule has 3 aromatic rings. The summed E-state index contributed by atoms with van der Waals surface area (Å²) in [6.07, 6.45) is 8.44. The summed E-state index contributed by atoms with van der Waals surface area (Å²) in [6.45, 7) is 2.61. The van der Waals surface area contributed by atoms with E-state index in [0.717, 1.165) is 28.6 Å². The fourth-order valence-corrected chi connectivity index (χ4v) is 3.77. The van der Waals surface area contributed by atoms with Crippen LogP contribution in [0.5, 0.6) is 0 Å². The molecule has 6 heteroatoms. The summed E-state index contributed by atoms with van der Waals surface area (Å²) in [4.78, 5) is 4.61. The van der Waals surface area contributed by atoms with Crippen molar-refractivity contribution in [1.29, 1.82) is 0 Å². The van der Waals surface area contributed by atoms with Gasteiger partial charge in [-0.25, -0.2) is 4.98 Å². The first-order chi connectivity index (χ1) is 13.2. The van der Waals surface area contributed by atoms with Crippen LogP contribution in [-0.2, 0) is 13.6 Å². The molecule has 2 aromatic heterocycles. The molecule has 4 rings (SSSR count). The number of rotatable bonds is 5. The Morgan fingerprint density at radius 2 is 1.89 bits per heavy atom. The summed E-state index contributed by atoms with van der Waals surface area (Å²) in [5, 5.41) is 15.9. The van der Waals surface area contributed by atoms with Gasteiger partial charge in [-0.1, -0.05) is 43.5 Å². The lowest BCUT2D eigenvalue weighted by molar-refractivity contribution is 0.443. The van der Waals surface area contributed by atoms with Crippen LogP contribution in [0.1, 0.15) is 55.0 Å². The molecule has 1 saturated carbocycles. The zero-order valence-electron chi connectivity index (χ0n) is 16.0. The summed E-state index contributed by atoms with van der Waals surface area (Å²) >= 11 is 0. The van der Waals surface area contributed by atoms with E-state index in [0.29, 0.717) is 12.5 Å². The highest BCUT2D eigenvalue weighted by Gasteiger charge is 2.15. The maximum Gasteiger partial charge on any atom is 0.243 e. The first-order valence-corrected chi connectivity index (χ1v) is 9.72. The second-order valence-corrected chi connectivity index (χ2v) is 7.38. The molecule has 0 unspecified atom stereocenters. The molecule has 1 N–H and O–H groups in total. The Balaban J connectivity index is 1.45. The van der Waals surface area contributed by atoms with Gasteiger partial charge in [-0.05, 0) is 37.3 Å². The molecule has 1 aliphatic carbocycles. The molecule has 0 amide bonds. The molecular formula is C21H26N6. The SMILES string of the molecule is Cc1cc(CNc2nncc(-c3ccc(C4CCCCC4)cc3)n2)nn1C. The lowest BCUT2D eigenvalue weighted by Crippen LogP contribution is -2.06. The van der Waals surface area contributed by atoms with Crippen molar-refractivity contribution in [2.75, 3.05) is 5.32 Å². The van der Waals surface area contributed by atoms with E-state index in [9.17, 15) is 0 Å². The molecule has 1 fully saturated rings. The number of hydrogen-bond donors (Lipinski definition) is 1. The van der Waals surface area contributed by atoms with Crippen molar-refractivity contribution in [3.8, 4) is 11.3 Å². The summed E-state index contributed by atoms with van der Waals surface area (Å²) < 4.78 is 1.86. The van der Waals surface area contributed by atoms with Gasteiger partial charge in [0.1, 0.15) is 0 Å². The summed E-state index contributed by atoms with van der Waals surface area (Å²) in [5.41, 5.74) is 5.43. The molecule has 0 spiro atoms. The zero-order valence-corrected chi connectivity index (χ0v) is 16.0. The van der Waals surface area contributed by atoms with Gasteiger partial charge in [0.25, 0.3) is 0 Å². The molecule has 27 heavy (non-hydrogen) atoms. The van der Waals surface area contributed by atoms with E-state index in [1.165, 1.54) is 37.7 Å². The van der Waals surface area contributed by atoms with E-state index in [2.05, 4.69) is 49.9 Å². The zero-order chi connectivity index (χ0) is 18.6. The van der Waals surface area contributed by atoms with Gasteiger partial charge in [0.15, 0.2) is 0 Å². The molecule has 0 aliphatic heterocycles. The molecule has 0 radical (unpaired) electrons. The lowest BCUT2D eigenvalue weighted by Gasteiger charge is -2.22. The maximum absolute atomic E-state index is 4.61. The minimum atomic E-state index is 0.521. The van der Waals surface area contributed by atoms with Crippen LogP contribution in [0.3, 0.4) is 0 Å². The van der Waals surface area contributed by atoms with Crippen molar-refractivity contribution in [3.05, 3.63) is 53.5 Å². The predicted octanol–water partition coefficient (Wildman–Crippen LogP) is 4.24. The van der Waals surface area contributed by atoms with Gasteiger partial charge < -0.3 is 5.32 Å². The van der Waals surface area contributed by atoms with Gasteiger partial charge in [-0.3, -0.25) is 4.68 Å². The van der Waals surface area contributed by atoms with Crippen LogP contribution in [0, 0.1) is 6.92 Å². The third kappa shape index (κ3) is 4.15. The number of aromatic nitrogens is 5. The van der Waals surface area contributed by atoms with Crippen LogP contribution in [0.2, 0.25) is 0 Å². The highest BCUT2D eigenvalue weighted by Crippen LogP contribution is 2.33. The topological polar surface area (TPSA) is 68.5 Å². The molecule has 1 aliphatic rings. The fraction of sp³-hybridized carbons (Fsp3) is 0.429. The van der Waals surface area contributed by atoms with Gasteiger partial charge in [-0.2, -0.15) is 10.2 Å². The van der Waals surface area contributed by atoms with Crippen LogP contribution in [-0.4, -0.2) is 25.0 Å². The minimum absolute atomic E-state index is 0.521. The van der Waals surface area contributed by atoms with Crippen molar-refractivity contribution in [2.45, 2.75) is 51.5 Å². The van der Waals surface area contributed by atoms with Gasteiger partial charge in [0.2, 0.25) is 5.95 Å². The van der Waals surface area contributed by atoms with Crippen LogP contribution in [0.15, 0.2) is 36.5 Å². The van der Waals surface area contributed by atoms with Crippen LogP contribution < -0.4 is 5.32 Å². The second kappa shape index (κ2) is 7.86. The Morgan fingerprint density at radius 1 is 1.11 bits per heavy atom. The van der Waals surface area contributed by atoms with Gasteiger partial charge >= 0.3 is 0 Å². The summed E-state index contributed by atoms with van der Waals surface area (Å²) in [6, 6.07) is 10.8. The Hall–Kier alpha value is -2.76. The highest BCUT2D eigenvalue weighted by molar-refractivity contribution is 5.59. The Kier molecular flexibility index (Phi) is 5.14. The van der Waals surface area contributed by atoms with Crippen molar-refractivity contribution in [1.82, 2.24) is 25.0 Å².